The van der Waals surface area contributed by atoms with Gasteiger partial charge in [-0.25, -0.2) is 0 Å². The van der Waals surface area contributed by atoms with E-state index in [9.17, 15) is 0 Å². The van der Waals surface area contributed by atoms with Crippen molar-refractivity contribution in [2.45, 2.75) is 25.4 Å². The number of likely N-dealkylation sites (N-methyl/N-ethyl adjacent to an activating group) is 1. The van der Waals surface area contributed by atoms with Crippen molar-refractivity contribution < 1.29 is 4.74 Å². The fraction of sp³-hybridized carbons (Fsp3) is 0.615. The molecule has 94 valence electrons. The number of ether oxygens (including phenoxy) is 1. The minimum atomic E-state index is -0.164. The first-order valence-corrected chi connectivity index (χ1v) is 6.20. The van der Waals surface area contributed by atoms with Gasteiger partial charge in [-0.1, -0.05) is 6.92 Å². The van der Waals surface area contributed by atoms with Crippen LogP contribution in [-0.2, 0) is 11.3 Å². The Morgan fingerprint density at radius 2 is 2.24 bits per heavy atom. The van der Waals surface area contributed by atoms with Crippen molar-refractivity contribution in [1.29, 1.82) is 0 Å². The molecular weight excluding hydrogens is 214 g/mol. The summed E-state index contributed by atoms with van der Waals surface area (Å²) in [6.07, 6.45) is 4.62. The maximum absolute atomic E-state index is 6.31. The van der Waals surface area contributed by atoms with Crippen LogP contribution in [0, 0.1) is 0 Å². The zero-order valence-corrected chi connectivity index (χ0v) is 10.4. The first-order chi connectivity index (χ1) is 8.22. The van der Waals surface area contributed by atoms with Gasteiger partial charge < -0.3 is 10.5 Å². The summed E-state index contributed by atoms with van der Waals surface area (Å²) in [5, 5.41) is 0. The van der Waals surface area contributed by atoms with Crippen molar-refractivity contribution in [2.24, 2.45) is 5.73 Å². The van der Waals surface area contributed by atoms with E-state index in [2.05, 4.69) is 28.9 Å². The molecule has 1 fully saturated rings. The highest BCUT2D eigenvalue weighted by Crippen LogP contribution is 2.18. The average Bonchev–Trinajstić information content (AvgIpc) is 2.76. The SMILES string of the molecule is CCN(Cc1ccncc1)CC1(N)CCOC1. The van der Waals surface area contributed by atoms with Crippen LogP contribution in [0.4, 0.5) is 0 Å². The maximum atomic E-state index is 6.31. The predicted octanol–water partition coefficient (Wildman–Crippen LogP) is 1.02. The quantitative estimate of drug-likeness (QED) is 0.828. The van der Waals surface area contributed by atoms with E-state index in [4.69, 9.17) is 10.5 Å². The molecule has 4 heteroatoms. The van der Waals surface area contributed by atoms with E-state index in [1.807, 2.05) is 12.4 Å². The second kappa shape index (κ2) is 5.58. The van der Waals surface area contributed by atoms with Gasteiger partial charge in [0.1, 0.15) is 0 Å². The molecule has 0 amide bonds. The zero-order valence-electron chi connectivity index (χ0n) is 10.4. The van der Waals surface area contributed by atoms with E-state index >= 15 is 0 Å². The second-order valence-corrected chi connectivity index (χ2v) is 4.82. The van der Waals surface area contributed by atoms with Gasteiger partial charge in [0.25, 0.3) is 0 Å². The highest BCUT2D eigenvalue weighted by atomic mass is 16.5. The van der Waals surface area contributed by atoms with Gasteiger partial charge in [0.15, 0.2) is 0 Å². The van der Waals surface area contributed by atoms with Crippen LogP contribution in [0.15, 0.2) is 24.5 Å². The maximum Gasteiger partial charge on any atom is 0.0659 e. The van der Waals surface area contributed by atoms with Crippen LogP contribution in [0.2, 0.25) is 0 Å². The standard InChI is InChI=1S/C13H21N3O/c1-2-16(9-12-3-6-15-7-4-12)10-13(14)5-8-17-11-13/h3-4,6-7H,2,5,8-11,14H2,1H3. The Balaban J connectivity index is 1.93. The third-order valence-electron chi connectivity index (χ3n) is 3.28. The summed E-state index contributed by atoms with van der Waals surface area (Å²) in [6.45, 7) is 6.47. The lowest BCUT2D eigenvalue weighted by Gasteiger charge is -2.30. The van der Waals surface area contributed by atoms with E-state index in [0.29, 0.717) is 6.61 Å². The minimum Gasteiger partial charge on any atom is -0.379 e. The molecule has 1 atom stereocenters. The van der Waals surface area contributed by atoms with Crippen LogP contribution in [0.25, 0.3) is 0 Å². The van der Waals surface area contributed by atoms with Crippen LogP contribution in [0.3, 0.4) is 0 Å². The number of hydrogen-bond acceptors (Lipinski definition) is 4. The van der Waals surface area contributed by atoms with E-state index in [1.54, 1.807) is 0 Å². The third-order valence-corrected chi connectivity index (χ3v) is 3.28. The van der Waals surface area contributed by atoms with Gasteiger partial charge >= 0.3 is 0 Å². The molecule has 2 N–H and O–H groups in total. The lowest BCUT2D eigenvalue weighted by molar-refractivity contribution is 0.152. The van der Waals surface area contributed by atoms with E-state index in [1.165, 1.54) is 5.56 Å². The van der Waals surface area contributed by atoms with Gasteiger partial charge in [0, 0.05) is 32.1 Å². The number of rotatable bonds is 5. The fourth-order valence-corrected chi connectivity index (χ4v) is 2.22. The molecule has 2 rings (SSSR count). The zero-order chi connectivity index (χ0) is 12.1. The van der Waals surface area contributed by atoms with Crippen LogP contribution in [0.5, 0.6) is 0 Å². The van der Waals surface area contributed by atoms with E-state index < -0.39 is 0 Å². The molecule has 17 heavy (non-hydrogen) atoms. The number of nitrogens with two attached hydrogens (primary N) is 1. The van der Waals surface area contributed by atoms with Gasteiger partial charge in [-0.15, -0.1) is 0 Å². The molecule has 1 saturated heterocycles. The number of pyridine rings is 1. The molecule has 0 radical (unpaired) electrons. The van der Waals surface area contributed by atoms with Crippen molar-refractivity contribution in [3.63, 3.8) is 0 Å². The highest BCUT2D eigenvalue weighted by molar-refractivity contribution is 5.09. The summed E-state index contributed by atoms with van der Waals surface area (Å²) in [4.78, 5) is 6.40. The summed E-state index contributed by atoms with van der Waals surface area (Å²) in [7, 11) is 0. The van der Waals surface area contributed by atoms with Crippen LogP contribution in [-0.4, -0.2) is 41.7 Å². The molecule has 1 aromatic rings. The van der Waals surface area contributed by atoms with Crippen LogP contribution >= 0.6 is 0 Å². The molecule has 0 bridgehead atoms. The van der Waals surface area contributed by atoms with Crippen molar-refractivity contribution >= 4 is 0 Å². The van der Waals surface area contributed by atoms with Gasteiger partial charge in [0.2, 0.25) is 0 Å². The molecule has 0 aliphatic carbocycles. The van der Waals surface area contributed by atoms with Crippen LogP contribution < -0.4 is 5.73 Å². The summed E-state index contributed by atoms with van der Waals surface area (Å²) >= 11 is 0. The molecular formula is C13H21N3O. The van der Waals surface area contributed by atoms with Crippen molar-refractivity contribution in [2.75, 3.05) is 26.3 Å². The fourth-order valence-electron chi connectivity index (χ4n) is 2.22. The molecule has 0 spiro atoms. The lowest BCUT2D eigenvalue weighted by Crippen LogP contribution is -2.50. The summed E-state index contributed by atoms with van der Waals surface area (Å²) in [6, 6.07) is 4.11. The van der Waals surface area contributed by atoms with Crippen molar-refractivity contribution in [3.05, 3.63) is 30.1 Å². The Labute approximate surface area is 103 Å². The topological polar surface area (TPSA) is 51.4 Å². The summed E-state index contributed by atoms with van der Waals surface area (Å²) in [5.74, 6) is 0. The second-order valence-electron chi connectivity index (χ2n) is 4.82. The summed E-state index contributed by atoms with van der Waals surface area (Å²) in [5.41, 5.74) is 7.43. The largest absolute Gasteiger partial charge is 0.379 e. The minimum absolute atomic E-state index is 0.164. The van der Waals surface area contributed by atoms with Crippen molar-refractivity contribution in [3.8, 4) is 0 Å². The monoisotopic (exact) mass is 235 g/mol. The Hall–Kier alpha value is -0.970. The smallest absolute Gasteiger partial charge is 0.0659 e. The lowest BCUT2D eigenvalue weighted by atomic mass is 9.99. The van der Waals surface area contributed by atoms with Crippen molar-refractivity contribution in [1.82, 2.24) is 9.88 Å². The Kier molecular flexibility index (Phi) is 4.10. The number of aromatic nitrogens is 1. The highest BCUT2D eigenvalue weighted by Gasteiger charge is 2.31. The Morgan fingerprint density at radius 1 is 1.47 bits per heavy atom. The normalized spacial score (nSPS) is 24.4. The predicted molar refractivity (Wildman–Crippen MR) is 67.5 cm³/mol. The first kappa shape index (κ1) is 12.5. The Bertz CT molecular complexity index is 336. The molecule has 0 saturated carbocycles. The number of hydrogen-bond donors (Lipinski definition) is 1. The van der Waals surface area contributed by atoms with Gasteiger partial charge in [-0.05, 0) is 30.7 Å². The molecule has 2 heterocycles. The molecule has 1 aliphatic heterocycles. The first-order valence-electron chi connectivity index (χ1n) is 6.20. The molecule has 1 unspecified atom stereocenters. The van der Waals surface area contributed by atoms with Gasteiger partial charge in [0.05, 0.1) is 12.1 Å². The number of nitrogens with zero attached hydrogens (tertiary/aromatic N) is 2. The average molecular weight is 235 g/mol. The molecule has 4 nitrogen and oxygen atoms in total. The third kappa shape index (κ3) is 3.49. The van der Waals surface area contributed by atoms with Crippen LogP contribution in [0.1, 0.15) is 18.9 Å². The van der Waals surface area contributed by atoms with Gasteiger partial charge in [-0.2, -0.15) is 0 Å². The molecule has 1 aliphatic rings. The summed E-state index contributed by atoms with van der Waals surface area (Å²) < 4.78 is 5.39. The Morgan fingerprint density at radius 3 is 2.82 bits per heavy atom. The van der Waals surface area contributed by atoms with E-state index in [0.717, 1.165) is 32.7 Å². The van der Waals surface area contributed by atoms with E-state index in [-0.39, 0.29) is 5.54 Å². The molecule has 0 aromatic carbocycles. The molecule has 1 aromatic heterocycles. The van der Waals surface area contributed by atoms with Gasteiger partial charge in [-0.3, -0.25) is 9.88 Å².